The summed E-state index contributed by atoms with van der Waals surface area (Å²) in [5, 5.41) is 9.47. The number of nitrogens with zero attached hydrogens (tertiary/aromatic N) is 1. The molecule has 0 amide bonds. The van der Waals surface area contributed by atoms with E-state index in [9.17, 15) is 4.79 Å². The van der Waals surface area contributed by atoms with Crippen LogP contribution in [0.5, 0.6) is 11.5 Å². The lowest BCUT2D eigenvalue weighted by molar-refractivity contribution is 0.0697. The number of methoxy groups -OCH3 is 1. The fourth-order valence-electron chi connectivity index (χ4n) is 2.29. The summed E-state index contributed by atoms with van der Waals surface area (Å²) in [6.07, 6.45) is 2.54. The highest BCUT2D eigenvalue weighted by atomic mass is 35.5. The smallest absolute Gasteiger partial charge is 0.335 e. The molecule has 138 valence electrons. The second kappa shape index (κ2) is 8.72. The van der Waals surface area contributed by atoms with Crippen LogP contribution >= 0.6 is 11.6 Å². The summed E-state index contributed by atoms with van der Waals surface area (Å²) in [7, 11) is 1.56. The number of carboxylic acids is 1. The predicted molar refractivity (Wildman–Crippen MR) is 104 cm³/mol. The molecule has 0 aliphatic carbocycles. The van der Waals surface area contributed by atoms with Gasteiger partial charge in [0.25, 0.3) is 0 Å². The van der Waals surface area contributed by atoms with Gasteiger partial charge >= 0.3 is 5.97 Å². The van der Waals surface area contributed by atoms with Crippen molar-refractivity contribution in [1.82, 2.24) is 0 Å². The summed E-state index contributed by atoms with van der Waals surface area (Å²) < 4.78 is 11.2. The molecule has 5 nitrogen and oxygen atoms in total. The van der Waals surface area contributed by atoms with E-state index in [0.29, 0.717) is 22.2 Å². The van der Waals surface area contributed by atoms with E-state index >= 15 is 0 Å². The minimum Gasteiger partial charge on any atom is -0.493 e. The Kier molecular flexibility index (Phi) is 6.64. The minimum atomic E-state index is -0.961. The summed E-state index contributed by atoms with van der Waals surface area (Å²) in [6.45, 7) is 5.81. The Morgan fingerprint density at radius 2 is 2.08 bits per heavy atom. The molecular weight excluding hydrogens is 354 g/mol. The van der Waals surface area contributed by atoms with Gasteiger partial charge in [-0.3, -0.25) is 4.99 Å². The van der Waals surface area contributed by atoms with Crippen LogP contribution in [0.15, 0.2) is 35.3 Å². The number of halogens is 1. The number of aromatic carboxylic acids is 1. The van der Waals surface area contributed by atoms with Crippen molar-refractivity contribution in [1.29, 1.82) is 0 Å². The first kappa shape index (κ1) is 19.8. The number of hydrogen-bond acceptors (Lipinski definition) is 4. The molecule has 0 radical (unpaired) electrons. The first-order valence-corrected chi connectivity index (χ1v) is 8.65. The number of aliphatic imine (C=N–C) groups is 1. The molecule has 0 fully saturated rings. The van der Waals surface area contributed by atoms with E-state index in [1.807, 2.05) is 20.8 Å². The van der Waals surface area contributed by atoms with Crippen LogP contribution in [-0.4, -0.2) is 30.5 Å². The molecule has 2 rings (SSSR count). The standard InChI is InChI=1S/C20H22ClNO4/c1-5-13(3)26-19-16(21)9-14(10-18(19)25-4)11-22-17-7-6-15(20(23)24)8-12(17)2/h6-11,13H,5H2,1-4H3,(H,23,24)/t13-/m1/s1. The van der Waals surface area contributed by atoms with Gasteiger partial charge < -0.3 is 14.6 Å². The summed E-state index contributed by atoms with van der Waals surface area (Å²) in [5.74, 6) is 0.0944. The lowest BCUT2D eigenvalue weighted by Gasteiger charge is -2.17. The van der Waals surface area contributed by atoms with Crippen LogP contribution in [0.2, 0.25) is 5.02 Å². The van der Waals surface area contributed by atoms with Crippen molar-refractivity contribution >= 4 is 29.5 Å². The van der Waals surface area contributed by atoms with Crippen LogP contribution in [0, 0.1) is 6.92 Å². The molecule has 0 aromatic heterocycles. The van der Waals surface area contributed by atoms with Crippen LogP contribution in [-0.2, 0) is 0 Å². The van der Waals surface area contributed by atoms with Crippen LogP contribution in [0.4, 0.5) is 5.69 Å². The molecule has 0 unspecified atom stereocenters. The van der Waals surface area contributed by atoms with Gasteiger partial charge in [-0.2, -0.15) is 0 Å². The quantitative estimate of drug-likeness (QED) is 0.668. The fraction of sp³-hybridized carbons (Fsp3) is 0.300. The minimum absolute atomic E-state index is 0.0244. The van der Waals surface area contributed by atoms with Gasteiger partial charge in [0, 0.05) is 6.21 Å². The SMILES string of the molecule is CC[C@@H](C)Oc1c(Cl)cc(C=Nc2ccc(C(=O)O)cc2C)cc1OC. The van der Waals surface area contributed by atoms with Crippen molar-refractivity contribution in [2.75, 3.05) is 7.11 Å². The predicted octanol–water partition coefficient (Wildman–Crippen LogP) is 5.28. The first-order chi connectivity index (χ1) is 12.3. The topological polar surface area (TPSA) is 68.1 Å². The molecule has 0 heterocycles. The van der Waals surface area contributed by atoms with E-state index in [1.165, 1.54) is 6.07 Å². The van der Waals surface area contributed by atoms with Gasteiger partial charge in [-0.25, -0.2) is 4.79 Å². The monoisotopic (exact) mass is 375 g/mol. The van der Waals surface area contributed by atoms with Crippen molar-refractivity contribution in [2.24, 2.45) is 4.99 Å². The summed E-state index contributed by atoms with van der Waals surface area (Å²) in [4.78, 5) is 15.4. The van der Waals surface area contributed by atoms with Crippen molar-refractivity contribution in [3.63, 3.8) is 0 Å². The zero-order chi connectivity index (χ0) is 19.3. The molecule has 0 aliphatic heterocycles. The zero-order valence-electron chi connectivity index (χ0n) is 15.2. The van der Waals surface area contributed by atoms with E-state index in [1.54, 1.807) is 37.6 Å². The van der Waals surface area contributed by atoms with Gasteiger partial charge in [-0.05, 0) is 61.7 Å². The van der Waals surface area contributed by atoms with E-state index in [2.05, 4.69) is 4.99 Å². The largest absolute Gasteiger partial charge is 0.493 e. The fourth-order valence-corrected chi connectivity index (χ4v) is 2.55. The van der Waals surface area contributed by atoms with Gasteiger partial charge in [0.15, 0.2) is 11.5 Å². The molecule has 6 heteroatoms. The van der Waals surface area contributed by atoms with Crippen molar-refractivity contribution < 1.29 is 19.4 Å². The van der Waals surface area contributed by atoms with Gasteiger partial charge in [0.2, 0.25) is 0 Å². The lowest BCUT2D eigenvalue weighted by atomic mass is 10.1. The summed E-state index contributed by atoms with van der Waals surface area (Å²) >= 11 is 6.35. The second-order valence-electron chi connectivity index (χ2n) is 5.94. The normalized spacial score (nSPS) is 12.2. The molecule has 1 N–H and O–H groups in total. The number of hydrogen-bond donors (Lipinski definition) is 1. The average Bonchev–Trinajstić information content (AvgIpc) is 2.62. The molecule has 0 bridgehead atoms. The maximum Gasteiger partial charge on any atom is 0.335 e. The number of aryl methyl sites for hydroxylation is 1. The molecular formula is C20H22ClNO4. The maximum atomic E-state index is 11.0. The summed E-state index contributed by atoms with van der Waals surface area (Å²) in [6, 6.07) is 8.35. The zero-order valence-corrected chi connectivity index (χ0v) is 16.0. The third-order valence-electron chi connectivity index (χ3n) is 3.94. The van der Waals surface area contributed by atoms with Crippen LogP contribution < -0.4 is 9.47 Å². The molecule has 0 aliphatic rings. The van der Waals surface area contributed by atoms with Crippen molar-refractivity contribution in [2.45, 2.75) is 33.3 Å². The Morgan fingerprint density at radius 3 is 2.65 bits per heavy atom. The van der Waals surface area contributed by atoms with E-state index in [4.69, 9.17) is 26.2 Å². The van der Waals surface area contributed by atoms with Gasteiger partial charge in [-0.15, -0.1) is 0 Å². The number of carbonyl (C=O) groups is 1. The third-order valence-corrected chi connectivity index (χ3v) is 4.22. The lowest BCUT2D eigenvalue weighted by Crippen LogP contribution is -2.11. The van der Waals surface area contributed by atoms with E-state index in [-0.39, 0.29) is 11.7 Å². The van der Waals surface area contributed by atoms with Gasteiger partial charge in [0.1, 0.15) is 0 Å². The molecule has 0 saturated carbocycles. The van der Waals surface area contributed by atoms with Gasteiger partial charge in [-0.1, -0.05) is 18.5 Å². The van der Waals surface area contributed by atoms with Crippen LogP contribution in [0.1, 0.15) is 41.8 Å². The average molecular weight is 376 g/mol. The molecule has 0 saturated heterocycles. The second-order valence-corrected chi connectivity index (χ2v) is 6.34. The maximum absolute atomic E-state index is 11.0. The van der Waals surface area contributed by atoms with Crippen molar-refractivity contribution in [3.8, 4) is 11.5 Å². The Balaban J connectivity index is 2.31. The highest BCUT2D eigenvalue weighted by Crippen LogP contribution is 2.37. The molecule has 2 aromatic carbocycles. The Labute approximate surface area is 158 Å². The van der Waals surface area contributed by atoms with Gasteiger partial charge in [0.05, 0.1) is 29.5 Å². The number of ether oxygens (including phenoxy) is 2. The molecule has 1 atom stereocenters. The van der Waals surface area contributed by atoms with E-state index in [0.717, 1.165) is 17.5 Å². The third kappa shape index (κ3) is 4.76. The van der Waals surface area contributed by atoms with Crippen LogP contribution in [0.25, 0.3) is 0 Å². The summed E-state index contributed by atoms with van der Waals surface area (Å²) in [5.41, 5.74) is 2.45. The first-order valence-electron chi connectivity index (χ1n) is 8.27. The highest BCUT2D eigenvalue weighted by Gasteiger charge is 2.14. The Bertz CT molecular complexity index is 833. The highest BCUT2D eigenvalue weighted by molar-refractivity contribution is 6.32. The van der Waals surface area contributed by atoms with E-state index < -0.39 is 5.97 Å². The number of carboxylic acid groups (broad SMARTS) is 1. The number of rotatable bonds is 7. The van der Waals surface area contributed by atoms with Crippen molar-refractivity contribution in [3.05, 3.63) is 52.0 Å². The molecule has 2 aromatic rings. The molecule has 0 spiro atoms. The Morgan fingerprint density at radius 1 is 1.35 bits per heavy atom. The van der Waals surface area contributed by atoms with Crippen LogP contribution in [0.3, 0.4) is 0 Å². The Hall–Kier alpha value is -2.53. The number of benzene rings is 2. The molecule has 26 heavy (non-hydrogen) atoms.